The molecule has 1 amide bonds. The van der Waals surface area contributed by atoms with E-state index in [9.17, 15) is 4.79 Å². The van der Waals surface area contributed by atoms with Crippen molar-refractivity contribution in [3.05, 3.63) is 29.6 Å². The van der Waals surface area contributed by atoms with Crippen LogP contribution in [0.2, 0.25) is 0 Å². The van der Waals surface area contributed by atoms with E-state index in [0.29, 0.717) is 23.6 Å². The standard InChI is InChI=1S/C20H31N3O2.ClH/c1-4-6-14(2)23-12-16-7-5-8-17(13-23)20(16,25-3)15-9-10-22-18(11-15)19(21)24;/h9-11,14,16-17H,4-8,12-13H2,1-3H3,(H2,21,24);1H/t14?,16-,17+,20?;. The molecule has 2 fully saturated rings. The van der Waals surface area contributed by atoms with Gasteiger partial charge in [-0.2, -0.15) is 0 Å². The number of nitrogens with two attached hydrogens (primary N) is 1. The number of fused-ring (bicyclic) bond motifs is 2. The van der Waals surface area contributed by atoms with E-state index in [2.05, 4.69) is 23.7 Å². The van der Waals surface area contributed by atoms with E-state index in [-0.39, 0.29) is 18.0 Å². The topological polar surface area (TPSA) is 68.4 Å². The van der Waals surface area contributed by atoms with Crippen molar-refractivity contribution in [2.24, 2.45) is 17.6 Å². The van der Waals surface area contributed by atoms with E-state index in [1.807, 2.05) is 19.2 Å². The number of aromatic nitrogens is 1. The molecule has 0 radical (unpaired) electrons. The first-order valence-corrected chi connectivity index (χ1v) is 9.58. The molecule has 5 nitrogen and oxygen atoms in total. The smallest absolute Gasteiger partial charge is 0.267 e. The van der Waals surface area contributed by atoms with Crippen molar-refractivity contribution in [1.82, 2.24) is 9.88 Å². The van der Waals surface area contributed by atoms with Gasteiger partial charge in [-0.15, -0.1) is 12.4 Å². The number of primary amides is 1. The van der Waals surface area contributed by atoms with Gasteiger partial charge >= 0.3 is 0 Å². The summed E-state index contributed by atoms with van der Waals surface area (Å²) < 4.78 is 6.25. The van der Waals surface area contributed by atoms with Crippen molar-refractivity contribution in [2.45, 2.75) is 57.6 Å². The Morgan fingerprint density at radius 1 is 1.42 bits per heavy atom. The van der Waals surface area contributed by atoms with Crippen LogP contribution in [0.5, 0.6) is 0 Å². The summed E-state index contributed by atoms with van der Waals surface area (Å²) in [5.41, 5.74) is 6.53. The highest BCUT2D eigenvalue weighted by atomic mass is 35.5. The average Bonchev–Trinajstić information content (AvgIpc) is 2.60. The fourth-order valence-corrected chi connectivity index (χ4v) is 5.16. The molecule has 1 aromatic rings. The Bertz CT molecular complexity index is 611. The molecule has 1 aliphatic heterocycles. The minimum absolute atomic E-state index is 0. The number of hydrogen-bond acceptors (Lipinski definition) is 4. The fraction of sp³-hybridized carbons (Fsp3) is 0.700. The third-order valence-corrected chi connectivity index (χ3v) is 6.36. The zero-order valence-electron chi connectivity index (χ0n) is 16.1. The monoisotopic (exact) mass is 381 g/mol. The van der Waals surface area contributed by atoms with Gasteiger partial charge in [0.05, 0.1) is 0 Å². The number of rotatable bonds is 6. The first-order valence-electron chi connectivity index (χ1n) is 9.58. The second-order valence-electron chi connectivity index (χ2n) is 7.71. The molecule has 2 unspecified atom stereocenters. The summed E-state index contributed by atoms with van der Waals surface area (Å²) in [4.78, 5) is 18.4. The van der Waals surface area contributed by atoms with E-state index in [1.54, 1.807) is 6.20 Å². The number of carbonyl (C=O) groups is 1. The number of piperidine rings is 1. The van der Waals surface area contributed by atoms with Gasteiger partial charge in [-0.05, 0) is 43.9 Å². The second-order valence-corrected chi connectivity index (χ2v) is 7.71. The molecule has 6 heteroatoms. The number of methoxy groups -OCH3 is 1. The minimum atomic E-state index is -0.479. The van der Waals surface area contributed by atoms with Crippen LogP contribution in [0.15, 0.2) is 18.3 Å². The molecule has 0 aromatic carbocycles. The Morgan fingerprint density at radius 2 is 2.08 bits per heavy atom. The summed E-state index contributed by atoms with van der Waals surface area (Å²) in [7, 11) is 1.82. The van der Waals surface area contributed by atoms with Gasteiger partial charge in [0.1, 0.15) is 11.3 Å². The molecule has 2 N–H and O–H groups in total. The Kier molecular flexibility index (Phi) is 7.05. The first kappa shape index (κ1) is 21.1. The largest absolute Gasteiger partial charge is 0.373 e. The maximum Gasteiger partial charge on any atom is 0.267 e. The van der Waals surface area contributed by atoms with Crippen LogP contribution in [0.25, 0.3) is 0 Å². The first-order chi connectivity index (χ1) is 12.0. The minimum Gasteiger partial charge on any atom is -0.373 e. The molecule has 26 heavy (non-hydrogen) atoms. The highest BCUT2D eigenvalue weighted by molar-refractivity contribution is 5.90. The lowest BCUT2D eigenvalue weighted by atomic mass is 9.62. The summed E-state index contributed by atoms with van der Waals surface area (Å²) in [5.74, 6) is 0.395. The van der Waals surface area contributed by atoms with Crippen LogP contribution in [-0.4, -0.2) is 42.0 Å². The predicted octanol–water partition coefficient (Wildman–Crippen LogP) is 3.36. The maximum atomic E-state index is 11.6. The number of pyridine rings is 1. The Balaban J connectivity index is 0.00000243. The van der Waals surface area contributed by atoms with E-state index in [0.717, 1.165) is 31.5 Å². The van der Waals surface area contributed by atoms with Gasteiger partial charge in [0.25, 0.3) is 5.91 Å². The predicted molar refractivity (Wildman–Crippen MR) is 105 cm³/mol. The maximum absolute atomic E-state index is 11.6. The molecule has 3 rings (SSSR count). The Labute approximate surface area is 163 Å². The molecule has 2 heterocycles. The Morgan fingerprint density at radius 3 is 2.62 bits per heavy atom. The molecule has 0 spiro atoms. The Hall–Kier alpha value is -1.17. The SMILES string of the molecule is CCCC(C)N1C[C@H]2CCC[C@@H](C1)C2(OC)c1ccnc(C(N)=O)c1.Cl. The number of carbonyl (C=O) groups excluding carboxylic acids is 1. The van der Waals surface area contributed by atoms with Gasteiger partial charge in [0.2, 0.25) is 0 Å². The van der Waals surface area contributed by atoms with Gasteiger partial charge in [-0.25, -0.2) is 0 Å². The molecule has 146 valence electrons. The zero-order chi connectivity index (χ0) is 18.0. The second kappa shape index (κ2) is 8.68. The highest BCUT2D eigenvalue weighted by Crippen LogP contribution is 2.51. The van der Waals surface area contributed by atoms with Crippen LogP contribution < -0.4 is 5.73 Å². The molecular formula is C20H32ClN3O2. The molecule has 1 aromatic heterocycles. The zero-order valence-corrected chi connectivity index (χ0v) is 16.9. The quantitative estimate of drug-likeness (QED) is 0.820. The molecule has 1 saturated carbocycles. The van der Waals surface area contributed by atoms with Gasteiger partial charge in [0, 0.05) is 44.3 Å². The van der Waals surface area contributed by atoms with Crippen LogP contribution >= 0.6 is 12.4 Å². The van der Waals surface area contributed by atoms with E-state index >= 15 is 0 Å². The summed E-state index contributed by atoms with van der Waals surface area (Å²) >= 11 is 0. The third-order valence-electron chi connectivity index (χ3n) is 6.36. The van der Waals surface area contributed by atoms with Crippen LogP contribution in [0, 0.1) is 11.8 Å². The van der Waals surface area contributed by atoms with Crippen molar-refractivity contribution in [2.75, 3.05) is 20.2 Å². The molecular weight excluding hydrogens is 350 g/mol. The van der Waals surface area contributed by atoms with Crippen molar-refractivity contribution in [3.8, 4) is 0 Å². The van der Waals surface area contributed by atoms with Crippen LogP contribution in [0.4, 0.5) is 0 Å². The van der Waals surface area contributed by atoms with Gasteiger partial charge < -0.3 is 10.5 Å². The summed E-state index contributed by atoms with van der Waals surface area (Å²) in [6, 6.07) is 4.47. The fourth-order valence-electron chi connectivity index (χ4n) is 5.16. The van der Waals surface area contributed by atoms with Crippen molar-refractivity contribution in [3.63, 3.8) is 0 Å². The van der Waals surface area contributed by atoms with E-state index < -0.39 is 5.91 Å². The summed E-state index contributed by atoms with van der Waals surface area (Å²) in [6.45, 7) is 6.71. The van der Waals surface area contributed by atoms with Crippen molar-refractivity contribution >= 4 is 18.3 Å². The van der Waals surface area contributed by atoms with Crippen LogP contribution in [0.1, 0.15) is 62.0 Å². The number of halogens is 1. The lowest BCUT2D eigenvalue weighted by molar-refractivity contribution is -0.173. The van der Waals surface area contributed by atoms with Gasteiger partial charge in [-0.1, -0.05) is 19.8 Å². The lowest BCUT2D eigenvalue weighted by Crippen LogP contribution is -2.60. The number of hydrogen-bond donors (Lipinski definition) is 1. The summed E-state index contributed by atoms with van der Waals surface area (Å²) in [5, 5.41) is 0. The van der Waals surface area contributed by atoms with Gasteiger partial charge in [0.15, 0.2) is 0 Å². The normalized spacial score (nSPS) is 29.7. The number of amides is 1. The van der Waals surface area contributed by atoms with Gasteiger partial charge in [-0.3, -0.25) is 14.7 Å². The van der Waals surface area contributed by atoms with E-state index in [4.69, 9.17) is 10.5 Å². The third kappa shape index (κ3) is 3.62. The molecule has 1 saturated heterocycles. The van der Waals surface area contributed by atoms with E-state index in [1.165, 1.54) is 19.3 Å². The average molecular weight is 382 g/mol. The van der Waals surface area contributed by atoms with Crippen molar-refractivity contribution < 1.29 is 9.53 Å². The summed E-state index contributed by atoms with van der Waals surface area (Å²) in [6.07, 6.45) is 7.72. The van der Waals surface area contributed by atoms with Crippen LogP contribution in [-0.2, 0) is 10.3 Å². The highest BCUT2D eigenvalue weighted by Gasteiger charge is 2.53. The molecule has 2 aliphatic rings. The number of ether oxygens (including phenoxy) is 1. The van der Waals surface area contributed by atoms with Crippen molar-refractivity contribution in [1.29, 1.82) is 0 Å². The molecule has 4 atom stereocenters. The number of nitrogens with zero attached hydrogens (tertiary/aromatic N) is 2. The van der Waals surface area contributed by atoms with Crippen LogP contribution in [0.3, 0.4) is 0 Å². The number of likely N-dealkylation sites (tertiary alicyclic amines) is 1. The lowest BCUT2D eigenvalue weighted by Gasteiger charge is -2.56. The molecule has 1 aliphatic carbocycles. The molecule has 2 bridgehead atoms.